The number of benzene rings is 1. The number of nitrogens with zero attached hydrogens (tertiary/aromatic N) is 2. The van der Waals surface area contributed by atoms with Gasteiger partial charge in [-0.1, -0.05) is 0 Å². The van der Waals surface area contributed by atoms with E-state index in [-0.39, 0.29) is 17.2 Å². The molecule has 5 nitrogen and oxygen atoms in total. The van der Waals surface area contributed by atoms with Crippen molar-refractivity contribution in [1.29, 1.82) is 5.26 Å². The van der Waals surface area contributed by atoms with Crippen molar-refractivity contribution in [2.45, 2.75) is 6.92 Å². The van der Waals surface area contributed by atoms with Crippen molar-refractivity contribution in [2.24, 2.45) is 0 Å². The Morgan fingerprint density at radius 2 is 2.10 bits per heavy atom. The summed E-state index contributed by atoms with van der Waals surface area (Å²) in [4.78, 5) is 16.4. The average Bonchev–Trinajstić information content (AvgIpc) is 2.48. The van der Waals surface area contributed by atoms with Crippen molar-refractivity contribution >= 4 is 17.4 Å². The fourth-order valence-electron chi connectivity index (χ4n) is 1.84. The number of nitriles is 1. The van der Waals surface area contributed by atoms with E-state index in [1.165, 1.54) is 12.1 Å². The Bertz CT molecular complexity index is 737. The monoisotopic (exact) mass is 284 g/mol. The quantitative estimate of drug-likeness (QED) is 0.908. The zero-order chi connectivity index (χ0) is 15.4. The molecular weight excluding hydrogens is 271 g/mol. The number of hydrogen-bond donors (Lipinski definition) is 2. The van der Waals surface area contributed by atoms with Crippen LogP contribution in [0.5, 0.6) is 0 Å². The van der Waals surface area contributed by atoms with Gasteiger partial charge in [-0.05, 0) is 37.3 Å². The van der Waals surface area contributed by atoms with Gasteiger partial charge in [0.05, 0.1) is 11.3 Å². The fourth-order valence-corrected chi connectivity index (χ4v) is 1.84. The van der Waals surface area contributed by atoms with E-state index >= 15 is 0 Å². The Kier molecular flexibility index (Phi) is 4.14. The molecule has 0 saturated carbocycles. The Morgan fingerprint density at radius 3 is 2.76 bits per heavy atom. The van der Waals surface area contributed by atoms with Gasteiger partial charge < -0.3 is 10.6 Å². The van der Waals surface area contributed by atoms with Crippen molar-refractivity contribution in [3.8, 4) is 6.07 Å². The third kappa shape index (κ3) is 3.34. The number of pyridine rings is 1. The number of carbonyl (C=O) groups excluding carboxylic acids is 1. The molecule has 0 aliphatic rings. The van der Waals surface area contributed by atoms with Gasteiger partial charge in [0.25, 0.3) is 5.91 Å². The second kappa shape index (κ2) is 6.01. The van der Waals surface area contributed by atoms with E-state index in [0.717, 1.165) is 6.07 Å². The number of rotatable bonds is 3. The molecule has 0 aliphatic heterocycles. The van der Waals surface area contributed by atoms with Crippen LogP contribution in [0.25, 0.3) is 0 Å². The highest BCUT2D eigenvalue weighted by Crippen LogP contribution is 2.18. The highest BCUT2D eigenvalue weighted by Gasteiger charge is 2.11. The number of aromatic nitrogens is 1. The molecule has 1 heterocycles. The lowest BCUT2D eigenvalue weighted by molar-refractivity contribution is 0.102. The van der Waals surface area contributed by atoms with Crippen molar-refractivity contribution in [2.75, 3.05) is 17.7 Å². The first-order chi connectivity index (χ1) is 10.0. The van der Waals surface area contributed by atoms with Crippen molar-refractivity contribution in [1.82, 2.24) is 4.98 Å². The van der Waals surface area contributed by atoms with Crippen LogP contribution in [-0.2, 0) is 0 Å². The summed E-state index contributed by atoms with van der Waals surface area (Å²) in [6.07, 6.45) is 0. The number of nitrogens with one attached hydrogen (secondary N) is 2. The van der Waals surface area contributed by atoms with Crippen LogP contribution >= 0.6 is 0 Å². The van der Waals surface area contributed by atoms with Gasteiger partial charge in [0, 0.05) is 18.3 Å². The maximum Gasteiger partial charge on any atom is 0.255 e. The van der Waals surface area contributed by atoms with Crippen LogP contribution in [0.4, 0.5) is 15.9 Å². The minimum atomic E-state index is -0.526. The molecule has 1 aromatic heterocycles. The van der Waals surface area contributed by atoms with E-state index in [4.69, 9.17) is 5.26 Å². The van der Waals surface area contributed by atoms with Crippen molar-refractivity contribution < 1.29 is 9.18 Å². The van der Waals surface area contributed by atoms with Crippen LogP contribution in [-0.4, -0.2) is 17.9 Å². The van der Waals surface area contributed by atoms with Gasteiger partial charge in [-0.2, -0.15) is 5.26 Å². The van der Waals surface area contributed by atoms with Crippen LogP contribution in [0.3, 0.4) is 0 Å². The molecule has 0 aliphatic carbocycles. The van der Waals surface area contributed by atoms with Crippen LogP contribution in [0.1, 0.15) is 21.6 Å². The Morgan fingerprint density at radius 1 is 1.33 bits per heavy atom. The van der Waals surface area contributed by atoms with Gasteiger partial charge in [0.2, 0.25) is 0 Å². The van der Waals surface area contributed by atoms with Crippen LogP contribution in [0.2, 0.25) is 0 Å². The molecule has 2 aromatic rings. The molecule has 0 atom stereocenters. The maximum atomic E-state index is 13.1. The summed E-state index contributed by atoms with van der Waals surface area (Å²) >= 11 is 0. The molecule has 2 rings (SSSR count). The topological polar surface area (TPSA) is 77.8 Å². The SMILES string of the molecule is CNc1cc(C(=O)Nc2ccc(F)cc2C#N)cc(C)n1. The number of carbonyl (C=O) groups is 1. The molecule has 0 unspecified atom stereocenters. The third-order valence-corrected chi connectivity index (χ3v) is 2.82. The first-order valence-electron chi connectivity index (χ1n) is 6.21. The molecule has 6 heteroatoms. The largest absolute Gasteiger partial charge is 0.373 e. The molecule has 1 aromatic carbocycles. The first-order valence-corrected chi connectivity index (χ1v) is 6.21. The molecular formula is C15H13FN4O. The van der Waals surface area contributed by atoms with Crippen LogP contribution in [0, 0.1) is 24.1 Å². The second-order valence-corrected chi connectivity index (χ2v) is 4.39. The van der Waals surface area contributed by atoms with E-state index in [2.05, 4.69) is 15.6 Å². The van der Waals surface area contributed by atoms with E-state index < -0.39 is 5.82 Å². The minimum absolute atomic E-state index is 0.0722. The smallest absolute Gasteiger partial charge is 0.255 e. The standard InChI is InChI=1S/C15H13FN4O/c1-9-5-10(7-14(18-2)19-9)15(21)20-13-4-3-12(16)6-11(13)8-17/h3-7H,1-2H3,(H,18,19)(H,20,21). The predicted octanol–water partition coefficient (Wildman–Crippen LogP) is 2.69. The first kappa shape index (κ1) is 14.5. The summed E-state index contributed by atoms with van der Waals surface area (Å²) in [6, 6.07) is 8.70. The zero-order valence-electron chi connectivity index (χ0n) is 11.6. The zero-order valence-corrected chi connectivity index (χ0v) is 11.6. The molecule has 2 N–H and O–H groups in total. The Labute approximate surface area is 121 Å². The van der Waals surface area contributed by atoms with Gasteiger partial charge in [-0.25, -0.2) is 9.37 Å². The highest BCUT2D eigenvalue weighted by molar-refractivity contribution is 6.05. The van der Waals surface area contributed by atoms with Crippen molar-refractivity contribution in [3.63, 3.8) is 0 Å². The minimum Gasteiger partial charge on any atom is -0.373 e. The molecule has 0 saturated heterocycles. The van der Waals surface area contributed by atoms with E-state index in [1.807, 2.05) is 6.07 Å². The summed E-state index contributed by atoms with van der Waals surface area (Å²) in [5.41, 5.74) is 1.43. The van der Waals surface area contributed by atoms with Gasteiger partial charge in [-0.3, -0.25) is 4.79 Å². The summed E-state index contributed by atoms with van der Waals surface area (Å²) < 4.78 is 13.1. The summed E-state index contributed by atoms with van der Waals surface area (Å²) in [5, 5.41) is 14.4. The number of aryl methyl sites for hydroxylation is 1. The van der Waals surface area contributed by atoms with E-state index in [9.17, 15) is 9.18 Å². The molecule has 106 valence electrons. The van der Waals surface area contributed by atoms with Gasteiger partial charge in [-0.15, -0.1) is 0 Å². The lowest BCUT2D eigenvalue weighted by atomic mass is 10.1. The number of amides is 1. The molecule has 0 radical (unpaired) electrons. The van der Waals surface area contributed by atoms with Gasteiger partial charge in [0.15, 0.2) is 0 Å². The van der Waals surface area contributed by atoms with Crippen molar-refractivity contribution in [3.05, 3.63) is 53.0 Å². The lowest BCUT2D eigenvalue weighted by Crippen LogP contribution is -2.14. The number of hydrogen-bond acceptors (Lipinski definition) is 4. The highest BCUT2D eigenvalue weighted by atomic mass is 19.1. The number of anilines is 2. The van der Waals surface area contributed by atoms with E-state index in [1.54, 1.807) is 26.1 Å². The Hall–Kier alpha value is -2.94. The van der Waals surface area contributed by atoms with Crippen LogP contribution < -0.4 is 10.6 Å². The summed E-state index contributed by atoms with van der Waals surface area (Å²) in [5.74, 6) is -0.346. The molecule has 0 bridgehead atoms. The van der Waals surface area contributed by atoms with Gasteiger partial charge in [0.1, 0.15) is 17.7 Å². The molecule has 21 heavy (non-hydrogen) atoms. The summed E-state index contributed by atoms with van der Waals surface area (Å²) in [7, 11) is 1.71. The number of halogens is 1. The lowest BCUT2D eigenvalue weighted by Gasteiger charge is -2.09. The molecule has 0 fully saturated rings. The van der Waals surface area contributed by atoms with Gasteiger partial charge >= 0.3 is 0 Å². The maximum absolute atomic E-state index is 13.1. The van der Waals surface area contributed by atoms with E-state index in [0.29, 0.717) is 17.1 Å². The Balaban J connectivity index is 2.30. The van der Waals surface area contributed by atoms with Crippen LogP contribution in [0.15, 0.2) is 30.3 Å². The third-order valence-electron chi connectivity index (χ3n) is 2.82. The fraction of sp³-hybridized carbons (Fsp3) is 0.133. The average molecular weight is 284 g/mol. The molecule has 1 amide bonds. The molecule has 0 spiro atoms. The summed E-state index contributed by atoms with van der Waals surface area (Å²) in [6.45, 7) is 1.77. The second-order valence-electron chi connectivity index (χ2n) is 4.39. The predicted molar refractivity (Wildman–Crippen MR) is 77.6 cm³/mol. The normalized spacial score (nSPS) is 9.81.